The zero-order valence-corrected chi connectivity index (χ0v) is 16.9. The molecule has 4 nitrogen and oxygen atoms in total. The van der Waals surface area contributed by atoms with Gasteiger partial charge in [-0.2, -0.15) is 0 Å². The van der Waals surface area contributed by atoms with Crippen LogP contribution in [0.5, 0.6) is 0 Å². The molecule has 1 amide bonds. The van der Waals surface area contributed by atoms with Crippen molar-refractivity contribution >= 4 is 33.9 Å². The quantitative estimate of drug-likeness (QED) is 0.662. The molecule has 0 bridgehead atoms. The van der Waals surface area contributed by atoms with E-state index >= 15 is 0 Å². The Morgan fingerprint density at radius 2 is 2.04 bits per heavy atom. The molecule has 2 aliphatic heterocycles. The number of hydrogen-bond donors (Lipinski definition) is 1. The summed E-state index contributed by atoms with van der Waals surface area (Å²) < 4.78 is 5.75. The molecule has 146 valence electrons. The number of likely N-dealkylation sites (tertiary alicyclic amines) is 1. The smallest absolute Gasteiger partial charge is 0.224 e. The summed E-state index contributed by atoms with van der Waals surface area (Å²) in [6, 6.07) is 10.6. The fourth-order valence-corrected chi connectivity index (χ4v) is 5.72. The van der Waals surface area contributed by atoms with Gasteiger partial charge in [-0.05, 0) is 63.2 Å². The van der Waals surface area contributed by atoms with Crippen molar-refractivity contribution in [2.75, 3.05) is 25.0 Å². The molecule has 5 heteroatoms. The van der Waals surface area contributed by atoms with Gasteiger partial charge in [-0.25, -0.2) is 0 Å². The summed E-state index contributed by atoms with van der Waals surface area (Å²) in [6.45, 7) is 3.39. The summed E-state index contributed by atoms with van der Waals surface area (Å²) in [5, 5.41) is 4.35. The maximum atomic E-state index is 11.7. The van der Waals surface area contributed by atoms with Crippen LogP contribution < -0.4 is 5.32 Å². The molecule has 0 spiro atoms. The molecular weight excluding hydrogens is 368 g/mol. The largest absolute Gasteiger partial charge is 0.464 e. The number of amides is 1. The van der Waals surface area contributed by atoms with E-state index in [-0.39, 0.29) is 5.91 Å². The fraction of sp³-hybridized carbons (Fsp3) is 0.435. The summed E-state index contributed by atoms with van der Waals surface area (Å²) >= 11 is 1.89. The molecule has 1 N–H and O–H groups in total. The van der Waals surface area contributed by atoms with Gasteiger partial charge in [-0.3, -0.25) is 4.79 Å². The number of carbonyl (C=O) groups is 1. The third-order valence-corrected chi connectivity index (χ3v) is 7.41. The minimum absolute atomic E-state index is 0.164. The number of hydrogen-bond acceptors (Lipinski definition) is 4. The van der Waals surface area contributed by atoms with Gasteiger partial charge in [0.2, 0.25) is 5.91 Å². The Balaban J connectivity index is 1.17. The molecule has 1 aromatic carbocycles. The fourth-order valence-electron chi connectivity index (χ4n) is 4.57. The van der Waals surface area contributed by atoms with Crippen molar-refractivity contribution in [3.05, 3.63) is 51.9 Å². The van der Waals surface area contributed by atoms with Crippen LogP contribution in [0.3, 0.4) is 0 Å². The normalized spacial score (nSPS) is 18.8. The molecule has 2 aliphatic rings. The summed E-state index contributed by atoms with van der Waals surface area (Å²) in [7, 11) is 0. The first kappa shape index (κ1) is 18.0. The second kappa shape index (κ2) is 7.72. The Labute approximate surface area is 169 Å². The molecule has 1 fully saturated rings. The van der Waals surface area contributed by atoms with E-state index < -0.39 is 0 Å². The van der Waals surface area contributed by atoms with Gasteiger partial charge in [0, 0.05) is 33.7 Å². The van der Waals surface area contributed by atoms with Crippen molar-refractivity contribution in [1.82, 2.24) is 4.90 Å². The highest BCUT2D eigenvalue weighted by molar-refractivity contribution is 7.12. The number of carbonyl (C=O) groups excluding carboxylic acids is 1. The van der Waals surface area contributed by atoms with E-state index in [1.165, 1.54) is 33.5 Å². The van der Waals surface area contributed by atoms with E-state index in [2.05, 4.69) is 34.5 Å². The first-order chi connectivity index (χ1) is 13.8. The second-order valence-corrected chi connectivity index (χ2v) is 9.23. The first-order valence-corrected chi connectivity index (χ1v) is 11.2. The number of nitrogens with zero attached hydrogens (tertiary/aromatic N) is 1. The molecule has 0 saturated carbocycles. The van der Waals surface area contributed by atoms with Gasteiger partial charge in [-0.15, -0.1) is 11.3 Å². The van der Waals surface area contributed by atoms with Gasteiger partial charge in [0.25, 0.3) is 0 Å². The van der Waals surface area contributed by atoms with Gasteiger partial charge < -0.3 is 14.6 Å². The highest BCUT2D eigenvalue weighted by Crippen LogP contribution is 2.35. The predicted molar refractivity (Wildman–Crippen MR) is 114 cm³/mol. The third kappa shape index (κ3) is 3.61. The van der Waals surface area contributed by atoms with Crippen LogP contribution in [-0.2, 0) is 17.6 Å². The molecule has 0 unspecified atom stereocenters. The minimum Gasteiger partial charge on any atom is -0.464 e. The Morgan fingerprint density at radius 3 is 2.93 bits per heavy atom. The van der Waals surface area contributed by atoms with Crippen LogP contribution in [-0.4, -0.2) is 30.4 Å². The molecule has 5 rings (SSSR count). The molecule has 3 aromatic rings. The molecule has 28 heavy (non-hydrogen) atoms. The number of thiophene rings is 1. The van der Waals surface area contributed by atoms with Crippen molar-refractivity contribution in [1.29, 1.82) is 0 Å². The number of benzene rings is 1. The average Bonchev–Trinajstić information content (AvgIpc) is 3.27. The van der Waals surface area contributed by atoms with Crippen LogP contribution in [0, 0.1) is 0 Å². The zero-order valence-electron chi connectivity index (χ0n) is 16.1. The number of anilines is 1. The molecule has 0 atom stereocenters. The van der Waals surface area contributed by atoms with Gasteiger partial charge >= 0.3 is 0 Å². The van der Waals surface area contributed by atoms with E-state index in [0.717, 1.165) is 50.2 Å². The van der Waals surface area contributed by atoms with Crippen LogP contribution in [0.15, 0.2) is 41.0 Å². The molecular formula is C23H26N2O2S. The molecule has 0 aliphatic carbocycles. The van der Waals surface area contributed by atoms with E-state index in [4.69, 9.17) is 4.42 Å². The SMILES string of the molecule is O=C1CCCc2sc(CCN3CCC(c4coc5ccccc45)CC3)cc2N1. The minimum atomic E-state index is 0.164. The predicted octanol–water partition coefficient (Wildman–Crippen LogP) is 5.19. The highest BCUT2D eigenvalue weighted by Gasteiger charge is 2.23. The number of furan rings is 1. The van der Waals surface area contributed by atoms with Gasteiger partial charge in [0.05, 0.1) is 12.0 Å². The maximum Gasteiger partial charge on any atom is 0.224 e. The number of aryl methyl sites for hydroxylation is 1. The molecule has 0 radical (unpaired) electrons. The second-order valence-electron chi connectivity index (χ2n) is 8.00. The lowest BCUT2D eigenvalue weighted by Crippen LogP contribution is -2.34. The number of nitrogens with one attached hydrogen (secondary N) is 1. The average molecular weight is 395 g/mol. The van der Waals surface area contributed by atoms with Crippen molar-refractivity contribution < 1.29 is 9.21 Å². The summed E-state index contributed by atoms with van der Waals surface area (Å²) in [5.74, 6) is 0.768. The zero-order chi connectivity index (χ0) is 18.9. The van der Waals surface area contributed by atoms with E-state index in [1.807, 2.05) is 23.7 Å². The standard InChI is InChI=1S/C23H26N2O2S/c26-23-7-3-6-22-20(24-23)14-17(28-22)10-13-25-11-8-16(9-12-25)19-15-27-21-5-2-1-4-18(19)21/h1-2,4-5,14-16H,3,6-13H2,(H,24,26). The maximum absolute atomic E-state index is 11.7. The number of para-hydroxylation sites is 1. The van der Waals surface area contributed by atoms with Crippen molar-refractivity contribution in [3.63, 3.8) is 0 Å². The van der Waals surface area contributed by atoms with Crippen LogP contribution in [0.2, 0.25) is 0 Å². The lowest BCUT2D eigenvalue weighted by Gasteiger charge is -2.31. The Morgan fingerprint density at radius 1 is 1.18 bits per heavy atom. The topological polar surface area (TPSA) is 45.5 Å². The number of rotatable bonds is 4. The number of fused-ring (bicyclic) bond motifs is 2. The van der Waals surface area contributed by atoms with Crippen LogP contribution in [0.25, 0.3) is 11.0 Å². The van der Waals surface area contributed by atoms with Crippen molar-refractivity contribution in [3.8, 4) is 0 Å². The van der Waals surface area contributed by atoms with Crippen LogP contribution in [0.1, 0.15) is 46.9 Å². The van der Waals surface area contributed by atoms with Gasteiger partial charge in [-0.1, -0.05) is 18.2 Å². The lowest BCUT2D eigenvalue weighted by atomic mass is 9.89. The Bertz CT molecular complexity index is 982. The summed E-state index contributed by atoms with van der Waals surface area (Å²) in [4.78, 5) is 17.1. The molecule has 2 aromatic heterocycles. The summed E-state index contributed by atoms with van der Waals surface area (Å²) in [6.07, 6.45) is 8.08. The van der Waals surface area contributed by atoms with Crippen molar-refractivity contribution in [2.45, 2.75) is 44.4 Å². The third-order valence-electron chi connectivity index (χ3n) is 6.15. The van der Waals surface area contributed by atoms with Gasteiger partial charge in [0.15, 0.2) is 0 Å². The van der Waals surface area contributed by atoms with E-state index in [0.29, 0.717) is 12.3 Å². The highest BCUT2D eigenvalue weighted by atomic mass is 32.1. The van der Waals surface area contributed by atoms with Crippen LogP contribution in [0.4, 0.5) is 5.69 Å². The monoisotopic (exact) mass is 394 g/mol. The number of piperidine rings is 1. The lowest BCUT2D eigenvalue weighted by molar-refractivity contribution is -0.116. The Kier molecular flexibility index (Phi) is 4.95. The molecule has 4 heterocycles. The van der Waals surface area contributed by atoms with Crippen molar-refractivity contribution in [2.24, 2.45) is 0 Å². The van der Waals surface area contributed by atoms with E-state index in [9.17, 15) is 4.79 Å². The van der Waals surface area contributed by atoms with Crippen LogP contribution >= 0.6 is 11.3 Å². The van der Waals surface area contributed by atoms with E-state index in [1.54, 1.807) is 0 Å². The first-order valence-electron chi connectivity index (χ1n) is 10.4. The van der Waals surface area contributed by atoms with Gasteiger partial charge in [0.1, 0.15) is 5.58 Å². The molecule has 1 saturated heterocycles. The summed E-state index contributed by atoms with van der Waals surface area (Å²) in [5.41, 5.74) is 3.45. The Hall–Kier alpha value is -2.11.